The Balaban J connectivity index is 1.53. The molecule has 1 unspecified atom stereocenters. The van der Waals surface area contributed by atoms with Gasteiger partial charge in [-0.25, -0.2) is 14.2 Å². The maximum Gasteiger partial charge on any atom is 0.321 e. The van der Waals surface area contributed by atoms with Crippen LogP contribution in [0.4, 0.5) is 14.9 Å². The molecule has 6 nitrogen and oxygen atoms in total. The lowest BCUT2D eigenvalue weighted by Crippen LogP contribution is -2.33. The molecule has 0 saturated carbocycles. The highest BCUT2D eigenvalue weighted by Crippen LogP contribution is 2.32. The number of aromatic nitrogens is 3. The Bertz CT molecular complexity index is 1030. The maximum atomic E-state index is 14.0. The number of benzene rings is 1. The molecule has 2 aromatic heterocycles. The van der Waals surface area contributed by atoms with Crippen molar-refractivity contribution in [1.82, 2.24) is 19.4 Å². The molecular weight excluding hydrogens is 381 g/mol. The number of hydrogen-bond donors (Lipinski definition) is 1. The third-order valence-electron chi connectivity index (χ3n) is 5.05. The van der Waals surface area contributed by atoms with E-state index in [1.807, 2.05) is 12.3 Å². The van der Waals surface area contributed by atoms with Crippen molar-refractivity contribution in [3.05, 3.63) is 53.3 Å². The van der Waals surface area contributed by atoms with Gasteiger partial charge in [0.25, 0.3) is 0 Å². The second kappa shape index (κ2) is 7.39. The Hall–Kier alpha value is -2.67. The zero-order valence-electron chi connectivity index (χ0n) is 15.7. The second-order valence-corrected chi connectivity index (χ2v) is 7.72. The van der Waals surface area contributed by atoms with E-state index in [0.29, 0.717) is 18.1 Å². The Morgan fingerprint density at radius 1 is 1.36 bits per heavy atom. The average Bonchev–Trinajstić information content (AvgIpc) is 3.28. The first-order valence-electron chi connectivity index (χ1n) is 9.27. The van der Waals surface area contributed by atoms with Crippen molar-refractivity contribution in [1.29, 1.82) is 0 Å². The summed E-state index contributed by atoms with van der Waals surface area (Å²) in [6, 6.07) is 6.01. The van der Waals surface area contributed by atoms with Crippen LogP contribution in [-0.4, -0.2) is 38.6 Å². The van der Waals surface area contributed by atoms with Crippen LogP contribution in [-0.2, 0) is 0 Å². The first kappa shape index (κ1) is 18.7. The fourth-order valence-corrected chi connectivity index (χ4v) is 3.89. The van der Waals surface area contributed by atoms with E-state index in [9.17, 15) is 9.18 Å². The van der Waals surface area contributed by atoms with Gasteiger partial charge in [0, 0.05) is 36.3 Å². The number of imidazole rings is 1. The summed E-state index contributed by atoms with van der Waals surface area (Å²) in [4.78, 5) is 23.3. The third kappa shape index (κ3) is 3.42. The number of nitrogens with zero attached hydrogens (tertiary/aromatic N) is 4. The summed E-state index contributed by atoms with van der Waals surface area (Å²) in [7, 11) is 0. The third-order valence-corrected chi connectivity index (χ3v) is 5.28. The van der Waals surface area contributed by atoms with E-state index >= 15 is 0 Å². The molecule has 1 aliphatic rings. The van der Waals surface area contributed by atoms with Gasteiger partial charge in [0.15, 0.2) is 0 Å². The molecule has 1 atom stereocenters. The molecule has 3 aromatic rings. The van der Waals surface area contributed by atoms with Crippen LogP contribution < -0.4 is 5.32 Å². The van der Waals surface area contributed by atoms with Crippen LogP contribution >= 0.6 is 11.6 Å². The molecule has 1 saturated heterocycles. The number of anilines is 1. The van der Waals surface area contributed by atoms with Crippen molar-refractivity contribution >= 4 is 34.4 Å². The number of hydrogen-bond acceptors (Lipinski definition) is 3. The van der Waals surface area contributed by atoms with Crippen molar-refractivity contribution in [3.63, 3.8) is 0 Å². The lowest BCUT2D eigenvalue weighted by atomic mass is 10.1. The summed E-state index contributed by atoms with van der Waals surface area (Å²) in [5.74, 6) is 0.535. The number of amides is 2. The average molecular weight is 402 g/mol. The number of pyridine rings is 1. The maximum absolute atomic E-state index is 14.0. The van der Waals surface area contributed by atoms with Crippen molar-refractivity contribution in [3.8, 4) is 0 Å². The molecule has 0 radical (unpaired) electrons. The normalized spacial score (nSPS) is 16.9. The van der Waals surface area contributed by atoms with Gasteiger partial charge in [0.05, 0.1) is 22.9 Å². The highest BCUT2D eigenvalue weighted by molar-refractivity contribution is 6.30. The molecule has 1 aromatic carbocycles. The topological polar surface area (TPSA) is 63.1 Å². The van der Waals surface area contributed by atoms with E-state index in [1.165, 1.54) is 12.1 Å². The van der Waals surface area contributed by atoms with E-state index < -0.39 is 5.82 Å². The van der Waals surface area contributed by atoms with E-state index in [1.54, 1.807) is 17.2 Å². The fourth-order valence-electron chi connectivity index (χ4n) is 3.73. The summed E-state index contributed by atoms with van der Waals surface area (Å²) < 4.78 is 16.2. The zero-order chi connectivity index (χ0) is 19.8. The molecule has 1 aliphatic heterocycles. The molecule has 1 N–H and O–H groups in total. The van der Waals surface area contributed by atoms with Crippen LogP contribution in [0.5, 0.6) is 0 Å². The first-order chi connectivity index (χ1) is 13.4. The van der Waals surface area contributed by atoms with Gasteiger partial charge < -0.3 is 14.8 Å². The predicted octanol–water partition coefficient (Wildman–Crippen LogP) is 4.83. The van der Waals surface area contributed by atoms with Gasteiger partial charge in [-0.05, 0) is 44.5 Å². The number of nitrogens with one attached hydrogen (secondary N) is 1. The van der Waals surface area contributed by atoms with Crippen molar-refractivity contribution in [2.75, 3.05) is 18.4 Å². The zero-order valence-corrected chi connectivity index (χ0v) is 16.4. The standard InChI is InChI=1S/C20H21ClFN5O/c1-12(2)27-18-10-23-7-5-17(18)24-19(27)13-6-8-26(11-13)20(28)25-16-4-3-14(21)9-15(16)22/h3-5,7,9-10,12-13H,6,8,11H2,1-2H3,(H,25,28). The van der Waals surface area contributed by atoms with E-state index in [-0.39, 0.29) is 23.7 Å². The minimum atomic E-state index is -0.550. The van der Waals surface area contributed by atoms with Crippen LogP contribution in [0.1, 0.15) is 38.1 Å². The van der Waals surface area contributed by atoms with E-state index in [0.717, 1.165) is 23.3 Å². The highest BCUT2D eigenvalue weighted by atomic mass is 35.5. The van der Waals surface area contributed by atoms with Gasteiger partial charge in [0.2, 0.25) is 0 Å². The van der Waals surface area contributed by atoms with Crippen LogP contribution in [0.15, 0.2) is 36.7 Å². The quantitative estimate of drug-likeness (QED) is 0.683. The fraction of sp³-hybridized carbons (Fsp3) is 0.350. The Labute approximate surface area is 167 Å². The SMILES string of the molecule is CC(C)n1c(C2CCN(C(=O)Nc3ccc(Cl)cc3F)C2)nc2ccncc21. The van der Waals surface area contributed by atoms with Crippen molar-refractivity contribution in [2.24, 2.45) is 0 Å². The number of likely N-dealkylation sites (tertiary alicyclic amines) is 1. The second-order valence-electron chi connectivity index (χ2n) is 7.28. The molecule has 0 bridgehead atoms. The molecule has 1 fully saturated rings. The molecule has 28 heavy (non-hydrogen) atoms. The summed E-state index contributed by atoms with van der Waals surface area (Å²) in [6.45, 7) is 5.34. The largest absolute Gasteiger partial charge is 0.324 e. The van der Waals surface area contributed by atoms with Crippen molar-refractivity contribution in [2.45, 2.75) is 32.2 Å². The summed E-state index contributed by atoms with van der Waals surface area (Å²) in [6.07, 6.45) is 4.37. The lowest BCUT2D eigenvalue weighted by molar-refractivity contribution is 0.221. The van der Waals surface area contributed by atoms with Gasteiger partial charge in [-0.15, -0.1) is 0 Å². The smallest absolute Gasteiger partial charge is 0.321 e. The Morgan fingerprint density at radius 2 is 2.18 bits per heavy atom. The van der Waals surface area contributed by atoms with Gasteiger partial charge in [-0.1, -0.05) is 11.6 Å². The number of carbonyl (C=O) groups excluding carboxylic acids is 1. The Morgan fingerprint density at radius 3 is 2.93 bits per heavy atom. The molecule has 3 heterocycles. The molecule has 0 spiro atoms. The van der Waals surface area contributed by atoms with Crippen LogP contribution in [0, 0.1) is 5.82 Å². The van der Waals surface area contributed by atoms with E-state index in [4.69, 9.17) is 16.6 Å². The molecule has 8 heteroatoms. The van der Waals surface area contributed by atoms with Gasteiger partial charge in [-0.3, -0.25) is 4.98 Å². The number of carbonyl (C=O) groups is 1. The summed E-state index contributed by atoms with van der Waals surface area (Å²) in [5.41, 5.74) is 2.03. The van der Waals surface area contributed by atoms with Crippen LogP contribution in [0.2, 0.25) is 5.02 Å². The first-order valence-corrected chi connectivity index (χ1v) is 9.64. The molecule has 2 amide bonds. The van der Waals surface area contributed by atoms with Gasteiger partial charge >= 0.3 is 6.03 Å². The van der Waals surface area contributed by atoms with Crippen LogP contribution in [0.25, 0.3) is 11.0 Å². The number of rotatable bonds is 3. The number of urea groups is 1. The molecule has 146 valence electrons. The van der Waals surface area contributed by atoms with Gasteiger partial charge in [-0.2, -0.15) is 0 Å². The lowest BCUT2D eigenvalue weighted by Gasteiger charge is -2.19. The highest BCUT2D eigenvalue weighted by Gasteiger charge is 2.31. The molecular formula is C20H21ClFN5O. The molecule has 0 aliphatic carbocycles. The Kier molecular flexibility index (Phi) is 4.93. The van der Waals surface area contributed by atoms with Crippen LogP contribution in [0.3, 0.4) is 0 Å². The van der Waals surface area contributed by atoms with Crippen molar-refractivity contribution < 1.29 is 9.18 Å². The van der Waals surface area contributed by atoms with Gasteiger partial charge in [0.1, 0.15) is 11.6 Å². The summed E-state index contributed by atoms with van der Waals surface area (Å²) in [5, 5.41) is 2.92. The number of halogens is 2. The predicted molar refractivity (Wildman–Crippen MR) is 107 cm³/mol. The molecule has 4 rings (SSSR count). The monoisotopic (exact) mass is 401 g/mol. The summed E-state index contributed by atoms with van der Waals surface area (Å²) >= 11 is 5.76. The number of fused-ring (bicyclic) bond motifs is 1. The minimum absolute atomic E-state index is 0.121. The minimum Gasteiger partial charge on any atom is -0.324 e. The van der Waals surface area contributed by atoms with E-state index in [2.05, 4.69) is 28.7 Å².